The van der Waals surface area contributed by atoms with Gasteiger partial charge in [0.25, 0.3) is 0 Å². The van der Waals surface area contributed by atoms with Crippen molar-refractivity contribution in [2.75, 3.05) is 18.2 Å². The summed E-state index contributed by atoms with van der Waals surface area (Å²) < 4.78 is 6.47. The molecule has 2 aromatic rings. The average Bonchev–Trinajstić information content (AvgIpc) is 2.88. The maximum Gasteiger partial charge on any atom is 0.340 e. The van der Waals surface area contributed by atoms with Crippen molar-refractivity contribution in [2.24, 2.45) is 0 Å². The molecule has 3 N–H and O–H groups in total. The molecule has 0 saturated heterocycles. The Kier molecular flexibility index (Phi) is 3.70. The number of hydrogen-bond donors (Lipinski definition) is 2. The molecular formula is C13H16N4O2. The topological polar surface area (TPSA) is 82.2 Å². The number of methoxy groups -OCH3 is 1. The number of nitrogens with zero attached hydrogens (tertiary/aromatic N) is 2. The minimum Gasteiger partial charge on any atom is -0.465 e. The molecule has 1 aromatic carbocycles. The molecule has 0 aliphatic heterocycles. The van der Waals surface area contributed by atoms with Gasteiger partial charge in [-0.05, 0) is 19.1 Å². The van der Waals surface area contributed by atoms with E-state index in [-0.39, 0.29) is 0 Å². The number of aryl methyl sites for hydroxylation is 1. The number of aromatic nitrogens is 2. The van der Waals surface area contributed by atoms with Crippen LogP contribution in [0.4, 0.5) is 17.1 Å². The summed E-state index contributed by atoms with van der Waals surface area (Å²) in [6, 6.07) is 5.17. The van der Waals surface area contributed by atoms with E-state index >= 15 is 0 Å². The Morgan fingerprint density at radius 3 is 2.95 bits per heavy atom. The van der Waals surface area contributed by atoms with Gasteiger partial charge in [0.2, 0.25) is 0 Å². The predicted molar refractivity (Wildman–Crippen MR) is 73.4 cm³/mol. The summed E-state index contributed by atoms with van der Waals surface area (Å²) in [6.07, 6.45) is 3.57. The number of ether oxygens (including phenoxy) is 1. The zero-order valence-electron chi connectivity index (χ0n) is 10.9. The monoisotopic (exact) mass is 260 g/mol. The molecule has 0 radical (unpaired) electrons. The highest BCUT2D eigenvalue weighted by molar-refractivity contribution is 5.98. The van der Waals surface area contributed by atoms with E-state index in [4.69, 9.17) is 5.73 Å². The van der Waals surface area contributed by atoms with Crippen molar-refractivity contribution in [3.63, 3.8) is 0 Å². The fourth-order valence-corrected chi connectivity index (χ4v) is 1.72. The quantitative estimate of drug-likeness (QED) is 0.649. The third-order valence-electron chi connectivity index (χ3n) is 2.75. The largest absolute Gasteiger partial charge is 0.465 e. The van der Waals surface area contributed by atoms with E-state index in [0.717, 1.165) is 12.2 Å². The molecule has 2 rings (SSSR count). The lowest BCUT2D eigenvalue weighted by molar-refractivity contribution is 0.0602. The summed E-state index contributed by atoms with van der Waals surface area (Å²) >= 11 is 0. The minimum atomic E-state index is -0.453. The number of nitrogen functional groups attached to an aromatic ring is 1. The summed E-state index contributed by atoms with van der Waals surface area (Å²) in [4.78, 5) is 11.5. The molecule has 6 heteroatoms. The number of nitrogens with one attached hydrogen (secondary N) is 1. The smallest absolute Gasteiger partial charge is 0.340 e. The summed E-state index contributed by atoms with van der Waals surface area (Å²) in [5.41, 5.74) is 8.13. The lowest BCUT2D eigenvalue weighted by Gasteiger charge is -2.10. The van der Waals surface area contributed by atoms with Crippen LogP contribution in [0.25, 0.3) is 0 Å². The van der Waals surface area contributed by atoms with Crippen LogP contribution in [-0.4, -0.2) is 22.9 Å². The van der Waals surface area contributed by atoms with Gasteiger partial charge in [0.15, 0.2) is 0 Å². The Bertz CT molecular complexity index is 592. The Hall–Kier alpha value is -2.50. The molecule has 19 heavy (non-hydrogen) atoms. The number of hydrogen-bond acceptors (Lipinski definition) is 5. The Balaban J connectivity index is 2.27. The van der Waals surface area contributed by atoms with Crippen LogP contribution in [0.2, 0.25) is 0 Å². The third-order valence-corrected chi connectivity index (χ3v) is 2.75. The van der Waals surface area contributed by atoms with E-state index in [1.807, 2.05) is 13.1 Å². The van der Waals surface area contributed by atoms with E-state index in [1.54, 1.807) is 29.1 Å². The SMILES string of the molecule is CCn1cc(Nc2cccc(C(=O)OC)c2N)cn1. The highest BCUT2D eigenvalue weighted by Gasteiger charge is 2.13. The standard InChI is InChI=1S/C13H16N4O2/c1-3-17-8-9(7-15-17)16-11-6-4-5-10(12(11)14)13(18)19-2/h4-8,16H,3,14H2,1-2H3. The van der Waals surface area contributed by atoms with Crippen molar-refractivity contribution < 1.29 is 9.53 Å². The molecule has 0 spiro atoms. The highest BCUT2D eigenvalue weighted by Crippen LogP contribution is 2.26. The summed E-state index contributed by atoms with van der Waals surface area (Å²) in [7, 11) is 1.33. The molecule has 0 aliphatic carbocycles. The first-order valence-electron chi connectivity index (χ1n) is 5.92. The molecule has 0 saturated carbocycles. The third kappa shape index (κ3) is 2.67. The fraction of sp³-hybridized carbons (Fsp3) is 0.231. The van der Waals surface area contributed by atoms with Gasteiger partial charge in [-0.25, -0.2) is 4.79 Å². The van der Waals surface area contributed by atoms with Crippen molar-refractivity contribution in [3.8, 4) is 0 Å². The molecule has 100 valence electrons. The zero-order chi connectivity index (χ0) is 13.8. The average molecular weight is 260 g/mol. The van der Waals surface area contributed by atoms with Gasteiger partial charge in [-0.15, -0.1) is 0 Å². The molecule has 0 aliphatic rings. The van der Waals surface area contributed by atoms with Crippen LogP contribution >= 0.6 is 0 Å². The first-order valence-corrected chi connectivity index (χ1v) is 5.92. The van der Waals surface area contributed by atoms with E-state index in [1.165, 1.54) is 7.11 Å². The van der Waals surface area contributed by atoms with Crippen molar-refractivity contribution >= 4 is 23.0 Å². The van der Waals surface area contributed by atoms with Gasteiger partial charge in [-0.3, -0.25) is 4.68 Å². The number of carbonyl (C=O) groups excluding carboxylic acids is 1. The van der Waals surface area contributed by atoms with Crippen molar-refractivity contribution in [1.82, 2.24) is 9.78 Å². The van der Waals surface area contributed by atoms with E-state index in [2.05, 4.69) is 15.2 Å². The van der Waals surface area contributed by atoms with Crippen molar-refractivity contribution in [1.29, 1.82) is 0 Å². The number of carbonyl (C=O) groups is 1. The second-order valence-electron chi connectivity index (χ2n) is 3.97. The summed E-state index contributed by atoms with van der Waals surface area (Å²) in [5.74, 6) is -0.453. The van der Waals surface area contributed by atoms with Gasteiger partial charge in [-0.2, -0.15) is 5.10 Å². The lowest BCUT2D eigenvalue weighted by Crippen LogP contribution is -2.07. The Morgan fingerprint density at radius 1 is 1.53 bits per heavy atom. The van der Waals surface area contributed by atoms with Gasteiger partial charge in [0, 0.05) is 12.7 Å². The van der Waals surface area contributed by atoms with Gasteiger partial charge in [0.05, 0.1) is 35.9 Å². The highest BCUT2D eigenvalue weighted by atomic mass is 16.5. The zero-order valence-corrected chi connectivity index (χ0v) is 10.9. The van der Waals surface area contributed by atoms with Crippen LogP contribution in [0.3, 0.4) is 0 Å². The second-order valence-corrected chi connectivity index (χ2v) is 3.97. The molecule has 1 aromatic heterocycles. The predicted octanol–water partition coefficient (Wildman–Crippen LogP) is 2.02. The normalized spacial score (nSPS) is 10.2. The van der Waals surface area contributed by atoms with Crippen molar-refractivity contribution in [3.05, 3.63) is 36.2 Å². The van der Waals surface area contributed by atoms with Crippen molar-refractivity contribution in [2.45, 2.75) is 13.5 Å². The summed E-state index contributed by atoms with van der Waals surface area (Å²) in [6.45, 7) is 2.79. The molecule has 0 bridgehead atoms. The number of benzene rings is 1. The molecule has 0 fully saturated rings. The van der Waals surface area contributed by atoms with Crippen LogP contribution in [0.15, 0.2) is 30.6 Å². The molecule has 1 heterocycles. The van der Waals surface area contributed by atoms with Crippen LogP contribution in [0.1, 0.15) is 17.3 Å². The molecule has 0 unspecified atom stereocenters. The lowest BCUT2D eigenvalue weighted by atomic mass is 10.1. The van der Waals surface area contributed by atoms with Crippen LogP contribution in [-0.2, 0) is 11.3 Å². The first kappa shape index (κ1) is 12.9. The minimum absolute atomic E-state index is 0.343. The number of para-hydroxylation sites is 1. The fourth-order valence-electron chi connectivity index (χ4n) is 1.72. The number of esters is 1. The van der Waals surface area contributed by atoms with Gasteiger partial charge >= 0.3 is 5.97 Å². The summed E-state index contributed by atoms with van der Waals surface area (Å²) in [5, 5.41) is 7.29. The van der Waals surface area contributed by atoms with Crippen LogP contribution in [0.5, 0.6) is 0 Å². The molecular weight excluding hydrogens is 244 g/mol. The number of nitrogens with two attached hydrogens (primary N) is 1. The van der Waals surface area contributed by atoms with E-state index in [0.29, 0.717) is 16.9 Å². The van der Waals surface area contributed by atoms with E-state index in [9.17, 15) is 4.79 Å². The maximum absolute atomic E-state index is 11.5. The number of anilines is 3. The maximum atomic E-state index is 11.5. The van der Waals surface area contributed by atoms with Gasteiger partial charge in [0.1, 0.15) is 0 Å². The molecule has 6 nitrogen and oxygen atoms in total. The Morgan fingerprint density at radius 2 is 2.32 bits per heavy atom. The molecule has 0 amide bonds. The number of rotatable bonds is 4. The second kappa shape index (κ2) is 5.43. The van der Waals surface area contributed by atoms with Gasteiger partial charge < -0.3 is 15.8 Å². The Labute approximate surface area is 111 Å². The first-order chi connectivity index (χ1) is 9.15. The van der Waals surface area contributed by atoms with E-state index < -0.39 is 5.97 Å². The molecule has 0 atom stereocenters. The van der Waals surface area contributed by atoms with Gasteiger partial charge in [-0.1, -0.05) is 6.07 Å². The van der Waals surface area contributed by atoms with Crippen LogP contribution in [0, 0.1) is 0 Å². The van der Waals surface area contributed by atoms with Crippen LogP contribution < -0.4 is 11.1 Å².